The summed E-state index contributed by atoms with van der Waals surface area (Å²) in [7, 11) is 0.986. The molecule has 0 spiro atoms. The van der Waals surface area contributed by atoms with Crippen LogP contribution in [0.25, 0.3) is 0 Å². The minimum absolute atomic E-state index is 0.230. The molecule has 1 rings (SSSR count). The van der Waals surface area contributed by atoms with Gasteiger partial charge < -0.3 is 4.74 Å². The minimum atomic E-state index is -3.43. The van der Waals surface area contributed by atoms with Gasteiger partial charge >= 0.3 is 0 Å². The maximum absolute atomic E-state index is 11.5. The first-order valence-corrected chi connectivity index (χ1v) is 7.66. The van der Waals surface area contributed by atoms with Crippen LogP contribution >= 0.6 is 23.2 Å². The third-order valence-corrected chi connectivity index (χ3v) is 4.48. The monoisotopic (exact) mass is 326 g/mol. The van der Waals surface area contributed by atoms with Gasteiger partial charge in [0.1, 0.15) is 5.75 Å². The number of nitrogens with zero attached hydrogens (tertiary/aromatic N) is 1. The van der Waals surface area contributed by atoms with Gasteiger partial charge in [0.2, 0.25) is 0 Å². The number of methoxy groups -OCH3 is 1. The van der Waals surface area contributed by atoms with E-state index in [-0.39, 0.29) is 6.54 Å². The zero-order chi connectivity index (χ0) is 14.6. The van der Waals surface area contributed by atoms with Crippen LogP contribution < -0.4 is 9.46 Å². The molecule has 8 heteroatoms. The van der Waals surface area contributed by atoms with Gasteiger partial charge in [-0.15, -0.1) is 0 Å². The predicted molar refractivity (Wildman–Crippen MR) is 77.3 cm³/mol. The molecular formula is C11H16Cl2N2O3S. The number of nitrogens with one attached hydrogen (secondary N) is 1. The Balaban J connectivity index is 2.79. The first kappa shape index (κ1) is 16.5. The van der Waals surface area contributed by atoms with Crippen molar-refractivity contribution < 1.29 is 13.2 Å². The Morgan fingerprint density at radius 1 is 1.32 bits per heavy atom. The lowest BCUT2D eigenvalue weighted by molar-refractivity contribution is 0.409. The van der Waals surface area contributed by atoms with E-state index >= 15 is 0 Å². The van der Waals surface area contributed by atoms with Crippen molar-refractivity contribution in [1.82, 2.24) is 9.03 Å². The SMILES string of the molecule is COc1c(Cl)cc(Cl)cc1CCNS(=O)(=O)N(C)C. The van der Waals surface area contributed by atoms with Crippen LogP contribution in [-0.4, -0.2) is 40.5 Å². The molecule has 0 unspecified atom stereocenters. The fourth-order valence-corrected chi connectivity index (χ4v) is 2.70. The van der Waals surface area contributed by atoms with Crippen LogP contribution in [0.2, 0.25) is 10.0 Å². The van der Waals surface area contributed by atoms with E-state index in [1.54, 1.807) is 12.1 Å². The Kier molecular flexibility index (Phi) is 5.88. The topological polar surface area (TPSA) is 58.6 Å². The van der Waals surface area contributed by atoms with Crippen molar-refractivity contribution >= 4 is 33.4 Å². The summed E-state index contributed by atoms with van der Waals surface area (Å²) in [5.74, 6) is 0.509. The molecule has 1 aromatic rings. The van der Waals surface area contributed by atoms with Crippen molar-refractivity contribution in [2.24, 2.45) is 0 Å². The van der Waals surface area contributed by atoms with E-state index in [4.69, 9.17) is 27.9 Å². The van der Waals surface area contributed by atoms with Crippen molar-refractivity contribution in [3.63, 3.8) is 0 Å². The number of hydrogen-bond acceptors (Lipinski definition) is 3. The van der Waals surface area contributed by atoms with Crippen molar-refractivity contribution in [1.29, 1.82) is 0 Å². The molecule has 5 nitrogen and oxygen atoms in total. The average molecular weight is 327 g/mol. The number of ether oxygens (including phenoxy) is 1. The minimum Gasteiger partial charge on any atom is -0.495 e. The van der Waals surface area contributed by atoms with Crippen molar-refractivity contribution in [3.05, 3.63) is 27.7 Å². The maximum atomic E-state index is 11.5. The summed E-state index contributed by atoms with van der Waals surface area (Å²) in [6.45, 7) is 0.230. The third kappa shape index (κ3) is 4.50. The number of halogens is 2. The van der Waals surface area contributed by atoms with Gasteiger partial charge in [-0.25, -0.2) is 4.72 Å². The predicted octanol–water partition coefficient (Wildman–Crippen LogP) is 1.94. The van der Waals surface area contributed by atoms with E-state index in [0.717, 1.165) is 9.87 Å². The van der Waals surface area contributed by atoms with Gasteiger partial charge in [0.15, 0.2) is 0 Å². The fraction of sp³-hybridized carbons (Fsp3) is 0.455. The molecule has 0 atom stereocenters. The highest BCUT2D eigenvalue weighted by atomic mass is 35.5. The molecule has 1 N–H and O–H groups in total. The molecule has 0 aliphatic carbocycles. The average Bonchev–Trinajstić information content (AvgIpc) is 2.27. The van der Waals surface area contributed by atoms with E-state index in [2.05, 4.69) is 4.72 Å². The van der Waals surface area contributed by atoms with Crippen molar-refractivity contribution in [2.75, 3.05) is 27.7 Å². The van der Waals surface area contributed by atoms with Crippen LogP contribution in [0.4, 0.5) is 0 Å². The normalized spacial score (nSPS) is 11.9. The number of benzene rings is 1. The third-order valence-electron chi connectivity index (χ3n) is 2.45. The van der Waals surface area contributed by atoms with Crippen LogP contribution in [0.3, 0.4) is 0 Å². The van der Waals surface area contributed by atoms with Crippen molar-refractivity contribution in [2.45, 2.75) is 6.42 Å². The highest BCUT2D eigenvalue weighted by Crippen LogP contribution is 2.32. The molecule has 0 fully saturated rings. The second-order valence-electron chi connectivity index (χ2n) is 4.01. The summed E-state index contributed by atoms with van der Waals surface area (Å²) >= 11 is 11.9. The zero-order valence-corrected chi connectivity index (χ0v) is 13.2. The summed E-state index contributed by atoms with van der Waals surface area (Å²) < 4.78 is 31.8. The first-order chi connectivity index (χ1) is 8.77. The molecule has 0 aromatic heterocycles. The van der Waals surface area contributed by atoms with Crippen LogP contribution in [0.15, 0.2) is 12.1 Å². The lowest BCUT2D eigenvalue weighted by Crippen LogP contribution is -2.36. The summed E-state index contributed by atoms with van der Waals surface area (Å²) in [6.07, 6.45) is 0.427. The van der Waals surface area contributed by atoms with E-state index in [1.807, 2.05) is 0 Å². The van der Waals surface area contributed by atoms with Gasteiger partial charge in [-0.05, 0) is 24.1 Å². The lowest BCUT2D eigenvalue weighted by atomic mass is 10.1. The summed E-state index contributed by atoms with van der Waals surface area (Å²) in [6, 6.07) is 3.28. The Morgan fingerprint density at radius 3 is 2.47 bits per heavy atom. The molecule has 0 radical (unpaired) electrons. The zero-order valence-electron chi connectivity index (χ0n) is 10.9. The van der Waals surface area contributed by atoms with E-state index in [9.17, 15) is 8.42 Å². The van der Waals surface area contributed by atoms with Gasteiger partial charge in [-0.2, -0.15) is 12.7 Å². The van der Waals surface area contributed by atoms with Crippen LogP contribution in [-0.2, 0) is 16.6 Å². The molecule has 0 saturated heterocycles. The Labute approximate surface area is 123 Å². The Morgan fingerprint density at radius 2 is 1.95 bits per heavy atom. The molecule has 19 heavy (non-hydrogen) atoms. The lowest BCUT2D eigenvalue weighted by Gasteiger charge is -2.14. The van der Waals surface area contributed by atoms with Crippen LogP contribution in [0.5, 0.6) is 5.75 Å². The van der Waals surface area contributed by atoms with Gasteiger partial charge in [-0.3, -0.25) is 0 Å². The second-order valence-corrected chi connectivity index (χ2v) is 6.82. The van der Waals surface area contributed by atoms with Gasteiger partial charge in [0, 0.05) is 25.7 Å². The molecule has 0 amide bonds. The molecule has 0 saturated carbocycles. The quantitative estimate of drug-likeness (QED) is 0.869. The second kappa shape index (κ2) is 6.76. The highest BCUT2D eigenvalue weighted by Gasteiger charge is 2.14. The standard InChI is InChI=1S/C11H16Cl2N2O3S/c1-15(2)19(16,17)14-5-4-8-6-9(12)7-10(13)11(8)18-3/h6-7,14H,4-5H2,1-3H3. The highest BCUT2D eigenvalue weighted by molar-refractivity contribution is 7.87. The molecular weight excluding hydrogens is 311 g/mol. The molecule has 0 heterocycles. The Hall–Kier alpha value is -0.530. The first-order valence-electron chi connectivity index (χ1n) is 5.47. The largest absolute Gasteiger partial charge is 0.495 e. The summed E-state index contributed by atoms with van der Waals surface area (Å²) in [5, 5.41) is 0.886. The summed E-state index contributed by atoms with van der Waals surface area (Å²) in [5.41, 5.74) is 0.751. The Bertz CT molecular complexity index is 547. The fourth-order valence-electron chi connectivity index (χ4n) is 1.47. The van der Waals surface area contributed by atoms with Gasteiger partial charge in [0.05, 0.1) is 12.1 Å². The van der Waals surface area contributed by atoms with E-state index in [0.29, 0.717) is 22.2 Å². The molecule has 0 aliphatic rings. The number of rotatable bonds is 6. The molecule has 1 aromatic carbocycles. The summed E-state index contributed by atoms with van der Waals surface area (Å²) in [4.78, 5) is 0. The molecule has 0 aliphatic heterocycles. The number of hydrogen-bond donors (Lipinski definition) is 1. The molecule has 0 bridgehead atoms. The van der Waals surface area contributed by atoms with Gasteiger partial charge in [-0.1, -0.05) is 23.2 Å². The van der Waals surface area contributed by atoms with E-state index in [1.165, 1.54) is 21.2 Å². The van der Waals surface area contributed by atoms with Gasteiger partial charge in [0.25, 0.3) is 10.2 Å². The smallest absolute Gasteiger partial charge is 0.278 e. The van der Waals surface area contributed by atoms with E-state index < -0.39 is 10.2 Å². The molecule has 108 valence electrons. The maximum Gasteiger partial charge on any atom is 0.278 e. The van der Waals surface area contributed by atoms with Crippen LogP contribution in [0, 0.1) is 0 Å². The van der Waals surface area contributed by atoms with Crippen LogP contribution in [0.1, 0.15) is 5.56 Å². The van der Waals surface area contributed by atoms with Crippen molar-refractivity contribution in [3.8, 4) is 5.75 Å².